The van der Waals surface area contributed by atoms with Gasteiger partial charge in [0.25, 0.3) is 0 Å². The van der Waals surface area contributed by atoms with Crippen LogP contribution in [0, 0.1) is 6.92 Å². The van der Waals surface area contributed by atoms with E-state index in [0.717, 1.165) is 19.1 Å². The summed E-state index contributed by atoms with van der Waals surface area (Å²) in [6.07, 6.45) is 2.16. The van der Waals surface area contributed by atoms with E-state index >= 15 is 0 Å². The van der Waals surface area contributed by atoms with Crippen LogP contribution in [0.25, 0.3) is 16.7 Å². The van der Waals surface area contributed by atoms with Crippen LogP contribution in [0.2, 0.25) is 0 Å². The number of aromatic nitrogens is 4. The van der Waals surface area contributed by atoms with E-state index in [9.17, 15) is 13.2 Å². The molecule has 3 N–H and O–H groups in total. The van der Waals surface area contributed by atoms with Gasteiger partial charge in [0.15, 0.2) is 5.82 Å². The molecule has 186 valence electrons. The minimum atomic E-state index is -3.51. The highest BCUT2D eigenvalue weighted by Crippen LogP contribution is 2.32. The standard InChI is InChI=1S/C21H31N7O5S/c1-13-25-26-19-18(22-9-7-8-10-23-20(29)33-21(2,3)4)24-14-12-17(32-5)15(27-34(6,30)31)11-16(14)28(13)19/h11-12,27H,7-10H2,1-6H3,(H,22,24)(H,23,29). The predicted molar refractivity (Wildman–Crippen MR) is 130 cm³/mol. The minimum absolute atomic E-state index is 0.298. The number of nitrogens with zero attached hydrogens (tertiary/aromatic N) is 4. The Morgan fingerprint density at radius 1 is 1.15 bits per heavy atom. The van der Waals surface area contributed by atoms with Crippen molar-refractivity contribution in [3.63, 3.8) is 0 Å². The van der Waals surface area contributed by atoms with Gasteiger partial charge in [0, 0.05) is 19.2 Å². The Morgan fingerprint density at radius 2 is 1.85 bits per heavy atom. The normalized spacial score (nSPS) is 12.1. The summed E-state index contributed by atoms with van der Waals surface area (Å²) in [6.45, 7) is 8.35. The number of hydrogen-bond acceptors (Lipinski definition) is 9. The number of ether oxygens (including phenoxy) is 2. The Morgan fingerprint density at radius 3 is 2.50 bits per heavy atom. The van der Waals surface area contributed by atoms with Gasteiger partial charge < -0.3 is 20.1 Å². The maximum absolute atomic E-state index is 11.8. The van der Waals surface area contributed by atoms with Crippen molar-refractivity contribution in [1.82, 2.24) is 24.9 Å². The molecule has 34 heavy (non-hydrogen) atoms. The number of amides is 1. The van der Waals surface area contributed by atoms with Crippen molar-refractivity contribution in [3.8, 4) is 5.75 Å². The van der Waals surface area contributed by atoms with Gasteiger partial charge in [-0.05, 0) is 46.6 Å². The molecule has 0 aliphatic rings. The van der Waals surface area contributed by atoms with Crippen LogP contribution in [0.15, 0.2) is 12.1 Å². The number of hydrogen-bond donors (Lipinski definition) is 3. The first-order valence-electron chi connectivity index (χ1n) is 10.8. The van der Waals surface area contributed by atoms with Gasteiger partial charge in [-0.3, -0.25) is 9.12 Å². The lowest BCUT2D eigenvalue weighted by molar-refractivity contribution is 0.0527. The van der Waals surface area contributed by atoms with Gasteiger partial charge in [-0.1, -0.05) is 0 Å². The Hall–Kier alpha value is -3.35. The Kier molecular flexibility index (Phi) is 7.34. The number of carbonyl (C=O) groups is 1. The molecule has 0 fully saturated rings. The highest BCUT2D eigenvalue weighted by Gasteiger charge is 2.18. The molecule has 13 heteroatoms. The number of methoxy groups -OCH3 is 1. The Bertz CT molecular complexity index is 1300. The number of alkyl carbamates (subject to hydrolysis) is 1. The molecule has 0 bridgehead atoms. The van der Waals surface area contributed by atoms with Gasteiger partial charge in [0.05, 0.1) is 30.1 Å². The summed E-state index contributed by atoms with van der Waals surface area (Å²) in [5.74, 6) is 1.51. The molecule has 1 amide bonds. The number of aryl methyl sites for hydroxylation is 1. The summed E-state index contributed by atoms with van der Waals surface area (Å²) in [7, 11) is -2.05. The van der Waals surface area contributed by atoms with Crippen LogP contribution < -0.4 is 20.1 Å². The molecule has 12 nitrogen and oxygen atoms in total. The quantitative estimate of drug-likeness (QED) is 0.382. The average Bonchev–Trinajstić information content (AvgIpc) is 3.10. The zero-order valence-corrected chi connectivity index (χ0v) is 21.0. The predicted octanol–water partition coefficient (Wildman–Crippen LogP) is 2.68. The fraction of sp³-hybridized carbons (Fsp3) is 0.524. The lowest BCUT2D eigenvalue weighted by Crippen LogP contribution is -2.33. The lowest BCUT2D eigenvalue weighted by atomic mass is 10.2. The second kappa shape index (κ2) is 9.87. The van der Waals surface area contributed by atoms with E-state index in [2.05, 4.69) is 30.5 Å². The van der Waals surface area contributed by atoms with Crippen LogP contribution in [0.5, 0.6) is 5.75 Å². The molecule has 2 heterocycles. The van der Waals surface area contributed by atoms with E-state index in [1.165, 1.54) is 7.11 Å². The van der Waals surface area contributed by atoms with Crippen molar-refractivity contribution >= 4 is 44.3 Å². The van der Waals surface area contributed by atoms with Crippen LogP contribution in [0.3, 0.4) is 0 Å². The molecule has 3 rings (SSSR count). The smallest absolute Gasteiger partial charge is 0.407 e. The Labute approximate surface area is 198 Å². The first-order valence-corrected chi connectivity index (χ1v) is 12.7. The number of rotatable bonds is 9. The highest BCUT2D eigenvalue weighted by molar-refractivity contribution is 7.92. The second-order valence-electron chi connectivity index (χ2n) is 8.84. The van der Waals surface area contributed by atoms with Crippen molar-refractivity contribution in [3.05, 3.63) is 18.0 Å². The van der Waals surface area contributed by atoms with Crippen molar-refractivity contribution in [2.45, 2.75) is 46.1 Å². The number of nitrogens with one attached hydrogen (secondary N) is 3. The van der Waals surface area contributed by atoms with Crippen LogP contribution in [0.1, 0.15) is 39.4 Å². The molecule has 0 saturated carbocycles. The molecular formula is C21H31N7O5S. The highest BCUT2D eigenvalue weighted by atomic mass is 32.2. The molecule has 1 aromatic carbocycles. The van der Waals surface area contributed by atoms with Crippen LogP contribution in [0.4, 0.5) is 16.3 Å². The maximum atomic E-state index is 11.8. The molecule has 0 aliphatic carbocycles. The van der Waals surface area contributed by atoms with Crippen molar-refractivity contribution in [1.29, 1.82) is 0 Å². The second-order valence-corrected chi connectivity index (χ2v) is 10.6. The SMILES string of the molecule is COc1cc2nc(NCCCCNC(=O)OC(C)(C)C)c3nnc(C)n3c2cc1NS(C)(=O)=O. The first kappa shape index (κ1) is 25.3. The summed E-state index contributed by atoms with van der Waals surface area (Å²) in [6, 6.07) is 3.31. The number of fused-ring (bicyclic) bond motifs is 3. The average molecular weight is 494 g/mol. The van der Waals surface area contributed by atoms with E-state index < -0.39 is 21.7 Å². The zero-order valence-electron chi connectivity index (χ0n) is 20.2. The zero-order chi connectivity index (χ0) is 25.1. The van der Waals surface area contributed by atoms with E-state index in [0.29, 0.717) is 52.8 Å². The summed E-state index contributed by atoms with van der Waals surface area (Å²) in [5, 5.41) is 14.4. The van der Waals surface area contributed by atoms with Gasteiger partial charge in [-0.25, -0.2) is 18.2 Å². The molecule has 3 aromatic rings. The van der Waals surface area contributed by atoms with Crippen LogP contribution in [-0.4, -0.2) is 66.1 Å². The number of sulfonamides is 1. The van der Waals surface area contributed by atoms with Gasteiger partial charge in [-0.2, -0.15) is 0 Å². The van der Waals surface area contributed by atoms with E-state index in [1.54, 1.807) is 19.1 Å². The topological polar surface area (TPSA) is 149 Å². The third kappa shape index (κ3) is 6.37. The lowest BCUT2D eigenvalue weighted by Gasteiger charge is -2.19. The van der Waals surface area contributed by atoms with E-state index in [-0.39, 0.29) is 0 Å². The summed E-state index contributed by atoms with van der Waals surface area (Å²) in [4.78, 5) is 16.4. The van der Waals surface area contributed by atoms with Gasteiger partial charge in [-0.15, -0.1) is 10.2 Å². The molecule has 0 atom stereocenters. The fourth-order valence-electron chi connectivity index (χ4n) is 3.33. The first-order chi connectivity index (χ1) is 15.9. The molecule has 2 aromatic heterocycles. The molecule has 0 aliphatic heterocycles. The number of unbranched alkanes of at least 4 members (excludes halogenated alkanes) is 1. The van der Waals surface area contributed by atoms with Crippen LogP contribution >= 0.6 is 0 Å². The van der Waals surface area contributed by atoms with Gasteiger partial charge in [0.2, 0.25) is 15.7 Å². The number of benzene rings is 1. The third-order valence-corrected chi connectivity index (χ3v) is 5.26. The summed E-state index contributed by atoms with van der Waals surface area (Å²) in [5.41, 5.74) is 1.51. The van der Waals surface area contributed by atoms with Crippen LogP contribution in [-0.2, 0) is 14.8 Å². The Balaban J connectivity index is 1.76. The number of carbonyl (C=O) groups excluding carboxylic acids is 1. The molecule has 0 radical (unpaired) electrons. The van der Waals surface area contributed by atoms with Crippen molar-refractivity contribution in [2.75, 3.05) is 36.5 Å². The molecular weight excluding hydrogens is 462 g/mol. The monoisotopic (exact) mass is 493 g/mol. The largest absolute Gasteiger partial charge is 0.494 e. The van der Waals surface area contributed by atoms with Gasteiger partial charge in [0.1, 0.15) is 17.2 Å². The minimum Gasteiger partial charge on any atom is -0.494 e. The molecule has 0 saturated heterocycles. The maximum Gasteiger partial charge on any atom is 0.407 e. The van der Waals surface area contributed by atoms with E-state index in [1.807, 2.05) is 25.2 Å². The molecule has 0 spiro atoms. The molecule has 0 unspecified atom stereocenters. The number of anilines is 2. The summed E-state index contributed by atoms with van der Waals surface area (Å²) < 4.78 is 38.4. The van der Waals surface area contributed by atoms with Gasteiger partial charge >= 0.3 is 6.09 Å². The summed E-state index contributed by atoms with van der Waals surface area (Å²) >= 11 is 0. The van der Waals surface area contributed by atoms with Crippen molar-refractivity contribution in [2.24, 2.45) is 0 Å². The fourth-order valence-corrected chi connectivity index (χ4v) is 3.89. The van der Waals surface area contributed by atoms with Crippen molar-refractivity contribution < 1.29 is 22.7 Å². The van der Waals surface area contributed by atoms with E-state index in [4.69, 9.17) is 9.47 Å². The third-order valence-electron chi connectivity index (χ3n) is 4.67.